The Labute approximate surface area is 91.3 Å². The summed E-state index contributed by atoms with van der Waals surface area (Å²) in [5.74, 6) is 1.30. The fourth-order valence-electron chi connectivity index (χ4n) is 1.88. The van der Waals surface area contributed by atoms with E-state index in [1.165, 1.54) is 32.1 Å². The first-order valence-corrected chi connectivity index (χ1v) is 5.89. The maximum Gasteiger partial charge on any atom is 0.188 e. The number of ether oxygens (including phenoxy) is 1. The van der Waals surface area contributed by atoms with Crippen LogP contribution in [0.1, 0.15) is 32.1 Å². The van der Waals surface area contributed by atoms with E-state index in [0.717, 1.165) is 5.92 Å². The smallest absolute Gasteiger partial charge is 0.188 e. The van der Waals surface area contributed by atoms with Gasteiger partial charge in [0.05, 0.1) is 12.6 Å². The monoisotopic (exact) mass is 211 g/mol. The van der Waals surface area contributed by atoms with Gasteiger partial charge in [-0.2, -0.15) is 0 Å². The predicted molar refractivity (Wildman–Crippen MR) is 60.8 cm³/mol. The highest BCUT2D eigenvalue weighted by molar-refractivity contribution is 5.78. The third-order valence-electron chi connectivity index (χ3n) is 3.35. The average molecular weight is 211 g/mol. The molecule has 15 heavy (non-hydrogen) atoms. The van der Waals surface area contributed by atoms with Gasteiger partial charge < -0.3 is 15.8 Å². The lowest BCUT2D eigenvalue weighted by molar-refractivity contribution is 0.0918. The maximum atomic E-state index is 5.79. The summed E-state index contributed by atoms with van der Waals surface area (Å²) in [6.07, 6.45) is 6.60. The molecule has 0 aromatic carbocycles. The summed E-state index contributed by atoms with van der Waals surface area (Å²) in [6.45, 7) is 0.701. The van der Waals surface area contributed by atoms with Crippen molar-refractivity contribution in [3.05, 3.63) is 0 Å². The largest absolute Gasteiger partial charge is 0.379 e. The quantitative estimate of drug-likeness (QED) is 0.524. The normalized spacial score (nSPS) is 24.7. The molecule has 0 bridgehead atoms. The highest BCUT2D eigenvalue weighted by atomic mass is 16.5. The first kappa shape index (κ1) is 10.7. The Morgan fingerprint density at radius 3 is 2.67 bits per heavy atom. The molecule has 2 aliphatic rings. The molecule has 2 saturated carbocycles. The van der Waals surface area contributed by atoms with Gasteiger partial charge in [0, 0.05) is 13.2 Å². The van der Waals surface area contributed by atoms with Crippen LogP contribution in [-0.2, 0) is 4.74 Å². The molecule has 2 aliphatic carbocycles. The number of hydrogen-bond donors (Lipinski definition) is 2. The SMILES string of the molecule is COC(CN=C(N)NC1CCC1)C1CC1. The van der Waals surface area contributed by atoms with Crippen molar-refractivity contribution < 1.29 is 4.74 Å². The summed E-state index contributed by atoms with van der Waals surface area (Å²) in [7, 11) is 1.76. The van der Waals surface area contributed by atoms with Gasteiger partial charge in [-0.05, 0) is 38.0 Å². The molecule has 4 nitrogen and oxygen atoms in total. The second-order valence-corrected chi connectivity index (χ2v) is 4.61. The topological polar surface area (TPSA) is 59.6 Å². The number of nitrogens with zero attached hydrogens (tertiary/aromatic N) is 1. The summed E-state index contributed by atoms with van der Waals surface area (Å²) >= 11 is 0. The van der Waals surface area contributed by atoms with Gasteiger partial charge >= 0.3 is 0 Å². The minimum atomic E-state index is 0.270. The fraction of sp³-hybridized carbons (Fsp3) is 0.909. The van der Waals surface area contributed by atoms with Crippen molar-refractivity contribution in [2.24, 2.45) is 16.6 Å². The Kier molecular flexibility index (Phi) is 3.46. The molecule has 86 valence electrons. The molecule has 0 radical (unpaired) electrons. The number of nitrogens with two attached hydrogens (primary N) is 1. The van der Waals surface area contributed by atoms with Gasteiger partial charge in [0.1, 0.15) is 0 Å². The van der Waals surface area contributed by atoms with Gasteiger partial charge in [0.25, 0.3) is 0 Å². The standard InChI is InChI=1S/C11H21N3O/c1-15-10(8-5-6-8)7-13-11(12)14-9-3-2-4-9/h8-10H,2-7H2,1H3,(H3,12,13,14). The minimum absolute atomic E-state index is 0.270. The average Bonchev–Trinajstić information content (AvgIpc) is 2.96. The summed E-state index contributed by atoms with van der Waals surface area (Å²) in [5.41, 5.74) is 5.79. The van der Waals surface area contributed by atoms with E-state index < -0.39 is 0 Å². The van der Waals surface area contributed by atoms with Gasteiger partial charge in [-0.15, -0.1) is 0 Å². The lowest BCUT2D eigenvalue weighted by Crippen LogP contribution is -2.44. The molecule has 2 rings (SSSR count). The zero-order valence-electron chi connectivity index (χ0n) is 9.41. The van der Waals surface area contributed by atoms with E-state index in [1.807, 2.05) is 0 Å². The molecule has 2 fully saturated rings. The Hall–Kier alpha value is -0.770. The maximum absolute atomic E-state index is 5.79. The van der Waals surface area contributed by atoms with Gasteiger partial charge in [0.2, 0.25) is 0 Å². The molecule has 4 heteroatoms. The van der Waals surface area contributed by atoms with Crippen molar-refractivity contribution in [2.45, 2.75) is 44.2 Å². The lowest BCUT2D eigenvalue weighted by atomic mass is 9.93. The Morgan fingerprint density at radius 2 is 2.20 bits per heavy atom. The third kappa shape index (κ3) is 3.09. The van der Waals surface area contributed by atoms with Crippen LogP contribution in [0.5, 0.6) is 0 Å². The highest BCUT2D eigenvalue weighted by Crippen LogP contribution is 2.34. The van der Waals surface area contributed by atoms with Crippen LogP contribution in [0.25, 0.3) is 0 Å². The lowest BCUT2D eigenvalue weighted by Gasteiger charge is -2.26. The van der Waals surface area contributed by atoms with Crippen LogP contribution in [0.15, 0.2) is 4.99 Å². The predicted octanol–water partition coefficient (Wildman–Crippen LogP) is 0.868. The molecule has 0 aromatic heterocycles. The van der Waals surface area contributed by atoms with Gasteiger partial charge in [-0.25, -0.2) is 0 Å². The summed E-state index contributed by atoms with van der Waals surface area (Å²) in [5, 5.41) is 3.23. The first-order valence-electron chi connectivity index (χ1n) is 5.89. The van der Waals surface area contributed by atoms with E-state index in [4.69, 9.17) is 10.5 Å². The van der Waals surface area contributed by atoms with Crippen molar-refractivity contribution in [3.63, 3.8) is 0 Å². The first-order chi connectivity index (χ1) is 7.29. The van der Waals surface area contributed by atoms with Crippen molar-refractivity contribution in [1.82, 2.24) is 5.32 Å². The zero-order chi connectivity index (χ0) is 10.7. The number of aliphatic imine (C=N–C) groups is 1. The molecule has 0 heterocycles. The number of rotatable bonds is 5. The number of guanidine groups is 1. The molecule has 0 amide bonds. The van der Waals surface area contributed by atoms with Gasteiger partial charge in [0.15, 0.2) is 5.96 Å². The van der Waals surface area contributed by atoms with Crippen molar-refractivity contribution in [1.29, 1.82) is 0 Å². The number of hydrogen-bond acceptors (Lipinski definition) is 2. The molecule has 0 saturated heterocycles. The fourth-order valence-corrected chi connectivity index (χ4v) is 1.88. The van der Waals surface area contributed by atoms with Crippen LogP contribution in [0.3, 0.4) is 0 Å². The van der Waals surface area contributed by atoms with Crippen LogP contribution >= 0.6 is 0 Å². The summed E-state index contributed by atoms with van der Waals surface area (Å²) < 4.78 is 5.38. The van der Waals surface area contributed by atoms with Crippen LogP contribution < -0.4 is 11.1 Å². The van der Waals surface area contributed by atoms with E-state index in [-0.39, 0.29) is 6.10 Å². The van der Waals surface area contributed by atoms with Crippen molar-refractivity contribution in [3.8, 4) is 0 Å². The molecule has 3 N–H and O–H groups in total. The summed E-state index contributed by atoms with van der Waals surface area (Å²) in [4.78, 5) is 4.34. The van der Waals surface area contributed by atoms with E-state index in [1.54, 1.807) is 7.11 Å². The number of methoxy groups -OCH3 is 1. The molecular formula is C11H21N3O. The second kappa shape index (κ2) is 4.84. The minimum Gasteiger partial charge on any atom is -0.379 e. The third-order valence-corrected chi connectivity index (χ3v) is 3.35. The highest BCUT2D eigenvalue weighted by Gasteiger charge is 2.31. The Bertz CT molecular complexity index is 234. The van der Waals surface area contributed by atoms with Crippen LogP contribution in [-0.4, -0.2) is 31.8 Å². The van der Waals surface area contributed by atoms with Crippen LogP contribution in [0.4, 0.5) is 0 Å². The van der Waals surface area contributed by atoms with E-state index >= 15 is 0 Å². The van der Waals surface area contributed by atoms with E-state index in [9.17, 15) is 0 Å². The van der Waals surface area contributed by atoms with Gasteiger partial charge in [-0.1, -0.05) is 0 Å². The number of nitrogens with one attached hydrogen (secondary N) is 1. The zero-order valence-corrected chi connectivity index (χ0v) is 9.41. The molecule has 0 aromatic rings. The molecule has 0 spiro atoms. The van der Waals surface area contributed by atoms with Crippen LogP contribution in [0, 0.1) is 5.92 Å². The van der Waals surface area contributed by atoms with E-state index in [2.05, 4.69) is 10.3 Å². The van der Waals surface area contributed by atoms with Crippen molar-refractivity contribution >= 4 is 5.96 Å². The summed E-state index contributed by atoms with van der Waals surface area (Å²) in [6, 6.07) is 0.565. The van der Waals surface area contributed by atoms with Gasteiger partial charge in [-0.3, -0.25) is 4.99 Å². The molecule has 1 atom stereocenters. The Morgan fingerprint density at radius 1 is 1.47 bits per heavy atom. The van der Waals surface area contributed by atoms with E-state index in [0.29, 0.717) is 18.5 Å². The molecule has 0 aliphatic heterocycles. The second-order valence-electron chi connectivity index (χ2n) is 4.61. The molecule has 1 unspecified atom stereocenters. The van der Waals surface area contributed by atoms with Crippen molar-refractivity contribution in [2.75, 3.05) is 13.7 Å². The molecular weight excluding hydrogens is 190 g/mol. The Balaban J connectivity index is 1.70. The van der Waals surface area contributed by atoms with Crippen LogP contribution in [0.2, 0.25) is 0 Å².